The molecule has 4 aromatic rings. The monoisotopic (exact) mass is 407 g/mol. The van der Waals surface area contributed by atoms with Gasteiger partial charge in [-0.05, 0) is 29.7 Å². The molecule has 2 aromatic heterocycles. The van der Waals surface area contributed by atoms with Crippen molar-refractivity contribution in [2.24, 2.45) is 14.1 Å². The summed E-state index contributed by atoms with van der Waals surface area (Å²) in [4.78, 5) is 30.0. The maximum atomic E-state index is 13.0. The highest BCUT2D eigenvalue weighted by Crippen LogP contribution is 2.23. The van der Waals surface area contributed by atoms with Gasteiger partial charge in [0, 0.05) is 26.7 Å². The molecule has 8 nitrogen and oxygen atoms in total. The van der Waals surface area contributed by atoms with Gasteiger partial charge >= 0.3 is 5.69 Å². The predicted octanol–water partition coefficient (Wildman–Crippen LogP) is 1.82. The second-order valence-corrected chi connectivity index (χ2v) is 7.60. The van der Waals surface area contributed by atoms with Crippen LogP contribution in [0.1, 0.15) is 18.9 Å². The minimum Gasteiger partial charge on any atom is -0.396 e. The Kier molecular flexibility index (Phi) is 5.17. The van der Waals surface area contributed by atoms with E-state index in [1.165, 1.54) is 11.6 Å². The van der Waals surface area contributed by atoms with Gasteiger partial charge in [-0.1, -0.05) is 42.5 Å². The zero-order chi connectivity index (χ0) is 21.4. The molecule has 156 valence electrons. The summed E-state index contributed by atoms with van der Waals surface area (Å²) in [5.41, 5.74) is 0.940. The molecule has 0 saturated carbocycles. The van der Waals surface area contributed by atoms with Crippen molar-refractivity contribution in [1.29, 1.82) is 0 Å². The van der Waals surface area contributed by atoms with Gasteiger partial charge in [0.25, 0.3) is 5.56 Å². The average molecular weight is 407 g/mol. The molecule has 4 rings (SSSR count). The first kappa shape index (κ1) is 19.9. The second kappa shape index (κ2) is 7.79. The largest absolute Gasteiger partial charge is 0.396 e. The average Bonchev–Trinajstić information content (AvgIpc) is 3.09. The number of rotatable bonds is 6. The minimum absolute atomic E-state index is 0.0397. The van der Waals surface area contributed by atoms with Gasteiger partial charge in [0.05, 0.1) is 6.54 Å². The van der Waals surface area contributed by atoms with Gasteiger partial charge in [-0.2, -0.15) is 4.98 Å². The molecule has 0 saturated heterocycles. The number of benzene rings is 2. The quantitative estimate of drug-likeness (QED) is 0.509. The van der Waals surface area contributed by atoms with Crippen molar-refractivity contribution in [3.8, 4) is 0 Å². The molecule has 0 spiro atoms. The predicted molar refractivity (Wildman–Crippen MR) is 118 cm³/mol. The molecular formula is C22H25N5O3. The molecule has 8 heteroatoms. The normalized spacial score (nSPS) is 12.5. The zero-order valence-electron chi connectivity index (χ0n) is 17.3. The molecule has 1 atom stereocenters. The van der Waals surface area contributed by atoms with Crippen LogP contribution in [0.4, 0.5) is 5.95 Å². The van der Waals surface area contributed by atoms with E-state index in [1.807, 2.05) is 35.8 Å². The Bertz CT molecular complexity index is 1340. The third-order valence-corrected chi connectivity index (χ3v) is 5.49. The molecule has 2 N–H and O–H groups in total. The summed E-state index contributed by atoms with van der Waals surface area (Å²) in [6, 6.07) is 14.1. The van der Waals surface area contributed by atoms with Crippen LogP contribution in [-0.4, -0.2) is 36.4 Å². The van der Waals surface area contributed by atoms with E-state index >= 15 is 0 Å². The lowest BCUT2D eigenvalue weighted by atomic mass is 10.0. The summed E-state index contributed by atoms with van der Waals surface area (Å²) in [5, 5.41) is 14.8. The molecule has 0 aliphatic carbocycles. The molecular weight excluding hydrogens is 382 g/mol. The van der Waals surface area contributed by atoms with Crippen molar-refractivity contribution in [2.45, 2.75) is 25.9 Å². The van der Waals surface area contributed by atoms with Gasteiger partial charge < -0.3 is 10.4 Å². The number of aliphatic hydroxyl groups excluding tert-OH is 1. The van der Waals surface area contributed by atoms with Crippen LogP contribution in [0, 0.1) is 0 Å². The smallest absolute Gasteiger partial charge is 0.332 e. The first-order valence-electron chi connectivity index (χ1n) is 9.92. The van der Waals surface area contributed by atoms with Crippen LogP contribution in [0.15, 0.2) is 52.1 Å². The number of anilines is 1. The highest BCUT2D eigenvalue weighted by molar-refractivity contribution is 5.86. The fourth-order valence-electron chi connectivity index (χ4n) is 3.80. The van der Waals surface area contributed by atoms with Gasteiger partial charge in [-0.3, -0.25) is 18.5 Å². The first-order chi connectivity index (χ1) is 14.4. The standard InChI is InChI=1S/C22H25N5O3/c1-14(11-12-28)23-21-24-19-18(20(29)26(3)22(30)25(19)2)27(21)13-16-9-6-8-15-7-4-5-10-17(15)16/h4-10,14,28H,11-13H2,1-3H3,(H,23,24)/t14-/m1/s1. The third-order valence-electron chi connectivity index (χ3n) is 5.49. The summed E-state index contributed by atoms with van der Waals surface area (Å²) in [5.74, 6) is 0.497. The van der Waals surface area contributed by atoms with Gasteiger partial charge in [-0.25, -0.2) is 4.79 Å². The van der Waals surface area contributed by atoms with Crippen LogP contribution < -0.4 is 16.6 Å². The van der Waals surface area contributed by atoms with Gasteiger partial charge in [0.2, 0.25) is 5.95 Å². The molecule has 0 aliphatic heterocycles. The molecule has 0 fully saturated rings. The van der Waals surface area contributed by atoms with Crippen molar-refractivity contribution in [1.82, 2.24) is 18.7 Å². The highest BCUT2D eigenvalue weighted by atomic mass is 16.3. The number of hydrogen-bond donors (Lipinski definition) is 2. The van der Waals surface area contributed by atoms with Crippen LogP contribution in [-0.2, 0) is 20.6 Å². The lowest BCUT2D eigenvalue weighted by Crippen LogP contribution is -2.37. The fraction of sp³-hybridized carbons (Fsp3) is 0.318. The van der Waals surface area contributed by atoms with Crippen molar-refractivity contribution in [3.05, 3.63) is 68.9 Å². The van der Waals surface area contributed by atoms with Gasteiger partial charge in [0.15, 0.2) is 11.2 Å². The lowest BCUT2D eigenvalue weighted by molar-refractivity contribution is 0.282. The van der Waals surface area contributed by atoms with E-state index in [0.29, 0.717) is 30.1 Å². The molecule has 2 aromatic carbocycles. The number of imidazole rings is 1. The van der Waals surface area contributed by atoms with Crippen molar-refractivity contribution >= 4 is 27.9 Å². The molecule has 30 heavy (non-hydrogen) atoms. The van der Waals surface area contributed by atoms with E-state index in [-0.39, 0.29) is 18.2 Å². The Labute approximate surface area is 173 Å². The SMILES string of the molecule is C[C@H](CCO)Nc1nc2c(c(=O)n(C)c(=O)n2C)n1Cc1cccc2ccccc12. The summed E-state index contributed by atoms with van der Waals surface area (Å²) in [6.45, 7) is 2.40. The summed E-state index contributed by atoms with van der Waals surface area (Å²) >= 11 is 0. The van der Waals surface area contributed by atoms with Crippen molar-refractivity contribution < 1.29 is 5.11 Å². The number of aromatic nitrogens is 4. The number of aryl methyl sites for hydroxylation is 1. The maximum Gasteiger partial charge on any atom is 0.332 e. The molecule has 0 bridgehead atoms. The Balaban J connectivity index is 1.96. The first-order valence-corrected chi connectivity index (χ1v) is 9.92. The second-order valence-electron chi connectivity index (χ2n) is 7.60. The van der Waals surface area contributed by atoms with Crippen molar-refractivity contribution in [3.63, 3.8) is 0 Å². The summed E-state index contributed by atoms with van der Waals surface area (Å²) in [6.07, 6.45) is 0.536. The van der Waals surface area contributed by atoms with Crippen LogP contribution in [0.3, 0.4) is 0 Å². The molecule has 0 aliphatic rings. The van der Waals surface area contributed by atoms with E-state index in [9.17, 15) is 14.7 Å². The lowest BCUT2D eigenvalue weighted by Gasteiger charge is -2.16. The molecule has 0 radical (unpaired) electrons. The van der Waals surface area contributed by atoms with Crippen LogP contribution in [0.25, 0.3) is 21.9 Å². The Morgan fingerprint density at radius 2 is 1.80 bits per heavy atom. The van der Waals surface area contributed by atoms with Gasteiger partial charge in [0.1, 0.15) is 0 Å². The summed E-state index contributed by atoms with van der Waals surface area (Å²) in [7, 11) is 3.08. The van der Waals surface area contributed by atoms with Crippen LogP contribution in [0.5, 0.6) is 0 Å². The van der Waals surface area contributed by atoms with E-state index in [4.69, 9.17) is 0 Å². The summed E-state index contributed by atoms with van der Waals surface area (Å²) < 4.78 is 4.32. The van der Waals surface area contributed by atoms with Crippen LogP contribution in [0.2, 0.25) is 0 Å². The number of nitrogens with zero attached hydrogens (tertiary/aromatic N) is 4. The Hall–Kier alpha value is -3.39. The molecule has 2 heterocycles. The number of fused-ring (bicyclic) bond motifs is 2. The van der Waals surface area contributed by atoms with E-state index in [2.05, 4.69) is 28.5 Å². The van der Waals surface area contributed by atoms with Crippen molar-refractivity contribution in [2.75, 3.05) is 11.9 Å². The van der Waals surface area contributed by atoms with Crippen LogP contribution >= 0.6 is 0 Å². The zero-order valence-corrected chi connectivity index (χ0v) is 17.3. The highest BCUT2D eigenvalue weighted by Gasteiger charge is 2.20. The van der Waals surface area contributed by atoms with E-state index in [0.717, 1.165) is 20.9 Å². The number of nitrogens with one attached hydrogen (secondary N) is 1. The topological polar surface area (TPSA) is 94.1 Å². The van der Waals surface area contributed by atoms with Gasteiger partial charge in [-0.15, -0.1) is 0 Å². The fourth-order valence-corrected chi connectivity index (χ4v) is 3.80. The molecule has 0 unspecified atom stereocenters. The maximum absolute atomic E-state index is 13.0. The number of aliphatic hydroxyl groups is 1. The van der Waals surface area contributed by atoms with E-state index in [1.54, 1.807) is 7.05 Å². The third kappa shape index (κ3) is 3.29. The Morgan fingerprint density at radius 3 is 2.57 bits per heavy atom. The number of hydrogen-bond acceptors (Lipinski definition) is 5. The minimum atomic E-state index is -0.419. The molecule has 0 amide bonds. The van der Waals surface area contributed by atoms with E-state index < -0.39 is 5.69 Å². The Morgan fingerprint density at radius 1 is 1.07 bits per heavy atom.